The van der Waals surface area contributed by atoms with Crippen LogP contribution >= 0.6 is 0 Å². The Bertz CT molecular complexity index is 803. The van der Waals surface area contributed by atoms with Gasteiger partial charge >= 0.3 is 6.11 Å². The molecule has 1 aliphatic carbocycles. The fourth-order valence-corrected chi connectivity index (χ4v) is 3.40. The van der Waals surface area contributed by atoms with Crippen molar-refractivity contribution in [2.75, 3.05) is 0 Å². The normalized spacial score (nSPS) is 20.4. The van der Waals surface area contributed by atoms with Gasteiger partial charge in [0.25, 0.3) is 0 Å². The number of hydrogen-bond donors (Lipinski definition) is 0. The molecule has 0 saturated heterocycles. The standard InChI is InChI=1S/C21H20F3NO/c1-14-2-4-15(5-3-14)16-7-10-19(11-8-16)26-21(23,24)18-9-6-17(13-25)20(22)12-18/h6-12,14-15H,2-5H2,1H3. The van der Waals surface area contributed by atoms with E-state index in [4.69, 9.17) is 10.00 Å². The second-order valence-corrected chi connectivity index (χ2v) is 6.95. The highest BCUT2D eigenvalue weighted by Crippen LogP contribution is 2.37. The third kappa shape index (κ3) is 4.01. The lowest BCUT2D eigenvalue weighted by atomic mass is 9.79. The summed E-state index contributed by atoms with van der Waals surface area (Å²) in [7, 11) is 0. The molecule has 2 aromatic rings. The van der Waals surface area contributed by atoms with Crippen molar-refractivity contribution in [1.82, 2.24) is 0 Å². The Morgan fingerprint density at radius 2 is 1.69 bits per heavy atom. The van der Waals surface area contributed by atoms with Gasteiger partial charge in [-0.1, -0.05) is 31.9 Å². The zero-order valence-corrected chi connectivity index (χ0v) is 14.5. The molecule has 0 aromatic heterocycles. The van der Waals surface area contributed by atoms with Crippen LogP contribution in [0, 0.1) is 23.1 Å². The Kier molecular flexibility index (Phi) is 5.22. The Labute approximate surface area is 151 Å². The first kappa shape index (κ1) is 18.3. The Balaban J connectivity index is 1.71. The molecule has 5 heteroatoms. The van der Waals surface area contributed by atoms with Gasteiger partial charge in [-0.25, -0.2) is 4.39 Å². The number of hydrogen-bond acceptors (Lipinski definition) is 2. The average Bonchev–Trinajstić information content (AvgIpc) is 2.63. The molecular formula is C21H20F3NO. The van der Waals surface area contributed by atoms with E-state index >= 15 is 0 Å². The maximum atomic E-state index is 14.3. The Hall–Kier alpha value is -2.48. The molecular weight excluding hydrogens is 339 g/mol. The van der Waals surface area contributed by atoms with E-state index in [1.54, 1.807) is 6.07 Å². The molecule has 0 bridgehead atoms. The summed E-state index contributed by atoms with van der Waals surface area (Å²) in [5, 5.41) is 8.69. The molecule has 1 fully saturated rings. The van der Waals surface area contributed by atoms with Gasteiger partial charge in [-0.15, -0.1) is 0 Å². The molecule has 0 spiro atoms. The molecule has 1 aliphatic rings. The Morgan fingerprint density at radius 1 is 1.04 bits per heavy atom. The van der Waals surface area contributed by atoms with Crippen molar-refractivity contribution in [3.05, 3.63) is 65.0 Å². The number of rotatable bonds is 4. The van der Waals surface area contributed by atoms with Crippen molar-refractivity contribution >= 4 is 0 Å². The molecule has 0 unspecified atom stereocenters. The molecule has 0 amide bonds. The van der Waals surface area contributed by atoms with Gasteiger partial charge in [0.05, 0.1) is 11.1 Å². The van der Waals surface area contributed by atoms with Crippen LogP contribution < -0.4 is 4.74 Å². The van der Waals surface area contributed by atoms with Crippen LogP contribution in [0.1, 0.15) is 55.2 Å². The number of nitriles is 1. The Morgan fingerprint density at radius 3 is 2.27 bits per heavy atom. The summed E-state index contributed by atoms with van der Waals surface area (Å²) in [6.07, 6.45) is 0.914. The van der Waals surface area contributed by atoms with Crippen LogP contribution in [0.5, 0.6) is 5.75 Å². The molecule has 2 nitrogen and oxygen atoms in total. The SMILES string of the molecule is CC1CCC(c2ccc(OC(F)(F)c3ccc(C#N)c(F)c3)cc2)CC1. The van der Waals surface area contributed by atoms with Gasteiger partial charge < -0.3 is 4.74 Å². The zero-order chi connectivity index (χ0) is 18.7. The van der Waals surface area contributed by atoms with Crippen molar-refractivity contribution in [2.24, 2.45) is 5.92 Å². The molecule has 136 valence electrons. The first-order chi connectivity index (χ1) is 12.4. The van der Waals surface area contributed by atoms with Crippen LogP contribution in [-0.4, -0.2) is 0 Å². The molecule has 0 heterocycles. The third-order valence-corrected chi connectivity index (χ3v) is 5.04. The van der Waals surface area contributed by atoms with Crippen LogP contribution in [0.15, 0.2) is 42.5 Å². The number of halogens is 3. The summed E-state index contributed by atoms with van der Waals surface area (Å²) in [6.45, 7) is 2.25. The number of benzene rings is 2. The first-order valence-electron chi connectivity index (χ1n) is 8.76. The second-order valence-electron chi connectivity index (χ2n) is 6.95. The highest BCUT2D eigenvalue weighted by Gasteiger charge is 2.35. The van der Waals surface area contributed by atoms with E-state index in [-0.39, 0.29) is 11.3 Å². The molecule has 0 N–H and O–H groups in total. The summed E-state index contributed by atoms with van der Waals surface area (Å²) < 4.78 is 47.0. The highest BCUT2D eigenvalue weighted by molar-refractivity contribution is 5.35. The summed E-state index contributed by atoms with van der Waals surface area (Å²) in [5.41, 5.74) is 0.229. The van der Waals surface area contributed by atoms with Crippen LogP contribution in [-0.2, 0) is 6.11 Å². The number of nitrogens with zero attached hydrogens (tertiary/aromatic N) is 1. The van der Waals surface area contributed by atoms with E-state index in [1.165, 1.54) is 25.0 Å². The van der Waals surface area contributed by atoms with Crippen LogP contribution in [0.25, 0.3) is 0 Å². The van der Waals surface area contributed by atoms with Crippen LogP contribution in [0.2, 0.25) is 0 Å². The number of alkyl halides is 2. The van der Waals surface area contributed by atoms with Gasteiger partial charge in [0.2, 0.25) is 0 Å². The zero-order valence-electron chi connectivity index (χ0n) is 14.5. The molecule has 0 aliphatic heterocycles. The lowest BCUT2D eigenvalue weighted by Crippen LogP contribution is -2.22. The summed E-state index contributed by atoms with van der Waals surface area (Å²) in [5.74, 6) is 0.247. The van der Waals surface area contributed by atoms with Gasteiger partial charge in [-0.2, -0.15) is 14.0 Å². The largest absolute Gasteiger partial charge is 0.429 e. The van der Waals surface area contributed by atoms with Gasteiger partial charge in [0, 0.05) is 0 Å². The quantitative estimate of drug-likeness (QED) is 0.659. The molecule has 2 aromatic carbocycles. The second kappa shape index (κ2) is 7.41. The van der Waals surface area contributed by atoms with Crippen LogP contribution in [0.3, 0.4) is 0 Å². The van der Waals surface area contributed by atoms with E-state index < -0.39 is 17.5 Å². The van der Waals surface area contributed by atoms with E-state index in [2.05, 4.69) is 6.92 Å². The molecule has 26 heavy (non-hydrogen) atoms. The lowest BCUT2D eigenvalue weighted by Gasteiger charge is -2.26. The number of ether oxygens (including phenoxy) is 1. The minimum Gasteiger partial charge on any atom is -0.429 e. The van der Waals surface area contributed by atoms with E-state index in [1.807, 2.05) is 12.1 Å². The minimum atomic E-state index is -3.68. The predicted octanol–water partition coefficient (Wildman–Crippen LogP) is 6.12. The maximum absolute atomic E-state index is 14.3. The summed E-state index contributed by atoms with van der Waals surface area (Å²) in [6, 6.07) is 11.0. The van der Waals surface area contributed by atoms with Crippen molar-refractivity contribution in [2.45, 2.75) is 44.6 Å². The van der Waals surface area contributed by atoms with E-state index in [0.717, 1.165) is 36.5 Å². The fraction of sp³-hybridized carbons (Fsp3) is 0.381. The highest BCUT2D eigenvalue weighted by atomic mass is 19.3. The monoisotopic (exact) mass is 359 g/mol. The predicted molar refractivity (Wildman–Crippen MR) is 92.5 cm³/mol. The van der Waals surface area contributed by atoms with Crippen molar-refractivity contribution in [1.29, 1.82) is 5.26 Å². The smallest absolute Gasteiger partial charge is 0.426 e. The van der Waals surface area contributed by atoms with Gasteiger partial charge in [-0.3, -0.25) is 0 Å². The van der Waals surface area contributed by atoms with Crippen molar-refractivity contribution in [3.8, 4) is 11.8 Å². The summed E-state index contributed by atoms with van der Waals surface area (Å²) in [4.78, 5) is 0. The molecule has 0 atom stereocenters. The third-order valence-electron chi connectivity index (χ3n) is 5.04. The van der Waals surface area contributed by atoms with Gasteiger partial charge in [-0.05, 0) is 60.6 Å². The molecule has 3 rings (SSSR count). The van der Waals surface area contributed by atoms with E-state index in [0.29, 0.717) is 12.0 Å². The van der Waals surface area contributed by atoms with Crippen LogP contribution in [0.4, 0.5) is 13.2 Å². The maximum Gasteiger partial charge on any atom is 0.426 e. The minimum absolute atomic E-state index is 0.0210. The van der Waals surface area contributed by atoms with Gasteiger partial charge in [0.1, 0.15) is 17.6 Å². The fourth-order valence-electron chi connectivity index (χ4n) is 3.40. The lowest BCUT2D eigenvalue weighted by molar-refractivity contribution is -0.185. The topological polar surface area (TPSA) is 33.0 Å². The van der Waals surface area contributed by atoms with Gasteiger partial charge in [0.15, 0.2) is 0 Å². The summed E-state index contributed by atoms with van der Waals surface area (Å²) >= 11 is 0. The van der Waals surface area contributed by atoms with Crippen molar-refractivity contribution < 1.29 is 17.9 Å². The molecule has 1 saturated carbocycles. The molecule has 0 radical (unpaired) electrons. The van der Waals surface area contributed by atoms with Crippen molar-refractivity contribution in [3.63, 3.8) is 0 Å². The first-order valence-corrected chi connectivity index (χ1v) is 8.76. The van der Waals surface area contributed by atoms with E-state index in [9.17, 15) is 13.2 Å². The average molecular weight is 359 g/mol.